The molecule has 0 aromatic carbocycles. The van der Waals surface area contributed by atoms with Crippen molar-refractivity contribution < 1.29 is 22.4 Å². The van der Waals surface area contributed by atoms with Gasteiger partial charge in [0, 0.05) is 37.5 Å². The molecular weight excluding hydrogens is 450 g/mol. The Balaban J connectivity index is 1.32. The fraction of sp³-hybridized carbons (Fsp3) is 0.545. The number of rotatable bonds is 6. The number of furan rings is 1. The summed E-state index contributed by atoms with van der Waals surface area (Å²) in [5.74, 6) is 0.895. The van der Waals surface area contributed by atoms with E-state index in [1.54, 1.807) is 23.8 Å². The van der Waals surface area contributed by atoms with Crippen LogP contribution in [-0.4, -0.2) is 55.6 Å². The van der Waals surface area contributed by atoms with Crippen LogP contribution >= 0.6 is 11.3 Å². The Morgan fingerprint density at radius 2 is 1.88 bits per heavy atom. The molecule has 0 spiro atoms. The fourth-order valence-corrected chi connectivity index (χ4v) is 6.95. The summed E-state index contributed by atoms with van der Waals surface area (Å²) in [5, 5.41) is 4.49. The van der Waals surface area contributed by atoms with Gasteiger partial charge in [0.25, 0.3) is 15.9 Å². The molecule has 0 unspecified atom stereocenters. The van der Waals surface area contributed by atoms with Crippen molar-refractivity contribution in [3.8, 4) is 0 Å². The van der Waals surface area contributed by atoms with E-state index in [4.69, 9.17) is 4.42 Å². The summed E-state index contributed by atoms with van der Waals surface area (Å²) in [6.45, 7) is 4.51. The van der Waals surface area contributed by atoms with Gasteiger partial charge in [0.1, 0.15) is 9.97 Å². The van der Waals surface area contributed by atoms with Crippen LogP contribution in [0, 0.1) is 11.8 Å². The highest BCUT2D eigenvalue weighted by Gasteiger charge is 2.33. The molecular formula is C22H29N3O5S2. The quantitative estimate of drug-likeness (QED) is 0.687. The minimum absolute atomic E-state index is 0.0849. The summed E-state index contributed by atoms with van der Waals surface area (Å²) in [7, 11) is -3.68. The van der Waals surface area contributed by atoms with E-state index >= 15 is 0 Å². The number of carbonyl (C=O) groups is 2. The molecule has 0 atom stereocenters. The van der Waals surface area contributed by atoms with E-state index in [0.29, 0.717) is 49.7 Å². The summed E-state index contributed by atoms with van der Waals surface area (Å²) >= 11 is 1.09. The average Bonchev–Trinajstić information content (AvgIpc) is 3.50. The fourth-order valence-electron chi connectivity index (χ4n) is 4.18. The van der Waals surface area contributed by atoms with Crippen molar-refractivity contribution in [3.63, 3.8) is 0 Å². The Morgan fingerprint density at radius 1 is 1.16 bits per heavy atom. The molecule has 4 heterocycles. The van der Waals surface area contributed by atoms with Gasteiger partial charge in [-0.25, -0.2) is 8.42 Å². The van der Waals surface area contributed by atoms with Crippen molar-refractivity contribution in [3.05, 3.63) is 41.2 Å². The third-order valence-electron chi connectivity index (χ3n) is 6.33. The van der Waals surface area contributed by atoms with E-state index < -0.39 is 10.0 Å². The molecule has 8 nitrogen and oxygen atoms in total. The van der Waals surface area contributed by atoms with Crippen LogP contribution in [-0.2, 0) is 21.4 Å². The van der Waals surface area contributed by atoms with E-state index in [2.05, 4.69) is 12.2 Å². The third kappa shape index (κ3) is 5.07. The zero-order chi connectivity index (χ0) is 22.7. The van der Waals surface area contributed by atoms with Crippen LogP contribution in [0.2, 0.25) is 0 Å². The molecule has 2 aromatic heterocycles. The van der Waals surface area contributed by atoms with Gasteiger partial charge in [-0.05, 0) is 49.8 Å². The molecule has 0 radical (unpaired) electrons. The summed E-state index contributed by atoms with van der Waals surface area (Å²) in [6.07, 6.45) is 4.44. The highest BCUT2D eigenvalue weighted by Crippen LogP contribution is 2.29. The molecule has 0 saturated carbocycles. The topological polar surface area (TPSA) is 99.9 Å². The molecule has 1 N–H and O–H groups in total. The normalized spacial score (nSPS) is 19.2. The molecule has 2 fully saturated rings. The van der Waals surface area contributed by atoms with Gasteiger partial charge in [-0.15, -0.1) is 11.3 Å². The Hall–Kier alpha value is -2.17. The lowest BCUT2D eigenvalue weighted by atomic mass is 9.97. The average molecular weight is 480 g/mol. The van der Waals surface area contributed by atoms with E-state index in [-0.39, 0.29) is 35.0 Å². The first-order chi connectivity index (χ1) is 15.3. The van der Waals surface area contributed by atoms with Crippen LogP contribution in [0.3, 0.4) is 0 Å². The number of nitrogens with zero attached hydrogens (tertiary/aromatic N) is 2. The minimum Gasteiger partial charge on any atom is -0.467 e. The van der Waals surface area contributed by atoms with Crippen LogP contribution in [0.5, 0.6) is 0 Å². The summed E-state index contributed by atoms with van der Waals surface area (Å²) < 4.78 is 33.0. The molecule has 2 aromatic rings. The molecule has 2 saturated heterocycles. The maximum absolute atomic E-state index is 13.1. The van der Waals surface area contributed by atoms with Gasteiger partial charge in [0.2, 0.25) is 5.91 Å². The van der Waals surface area contributed by atoms with Crippen molar-refractivity contribution >= 4 is 33.2 Å². The monoisotopic (exact) mass is 479 g/mol. The Kier molecular flexibility index (Phi) is 7.02. The molecule has 2 amide bonds. The number of carbonyl (C=O) groups excluding carboxylic acids is 2. The van der Waals surface area contributed by atoms with Crippen molar-refractivity contribution in [2.45, 2.75) is 43.4 Å². The summed E-state index contributed by atoms with van der Waals surface area (Å²) in [6, 6.07) is 5.06. The second kappa shape index (κ2) is 9.76. The lowest BCUT2D eigenvalue weighted by Crippen LogP contribution is -2.42. The summed E-state index contributed by atoms with van der Waals surface area (Å²) in [5.41, 5.74) is 0.440. The Morgan fingerprint density at radius 3 is 2.53 bits per heavy atom. The SMILES string of the molecule is CC1CCN(C(=O)c2csc(S(=O)(=O)N3CCC(C(=O)NCc4ccco4)CC3)c2)CC1. The number of likely N-dealkylation sites (tertiary alicyclic amines) is 1. The number of amides is 2. The lowest BCUT2D eigenvalue weighted by Gasteiger charge is -2.30. The van der Waals surface area contributed by atoms with Crippen molar-refractivity contribution in [2.75, 3.05) is 26.2 Å². The standard InChI is InChI=1S/C22H29N3O5S2/c1-16-4-8-24(9-5-16)22(27)18-13-20(31-15-18)32(28,29)25-10-6-17(7-11-25)21(26)23-14-19-3-2-12-30-19/h2-3,12-13,15-17H,4-11,14H2,1H3,(H,23,26). The first-order valence-corrected chi connectivity index (χ1v) is 13.3. The first-order valence-electron chi connectivity index (χ1n) is 11.0. The zero-order valence-electron chi connectivity index (χ0n) is 18.2. The molecule has 32 heavy (non-hydrogen) atoms. The molecule has 10 heteroatoms. The lowest BCUT2D eigenvalue weighted by molar-refractivity contribution is -0.126. The second-order valence-electron chi connectivity index (χ2n) is 8.60. The minimum atomic E-state index is -3.68. The molecule has 2 aliphatic heterocycles. The van der Waals surface area contributed by atoms with Crippen LogP contribution in [0.4, 0.5) is 0 Å². The highest BCUT2D eigenvalue weighted by atomic mass is 32.2. The van der Waals surface area contributed by atoms with Crippen LogP contribution in [0.25, 0.3) is 0 Å². The summed E-state index contributed by atoms with van der Waals surface area (Å²) in [4.78, 5) is 27.0. The number of nitrogens with one attached hydrogen (secondary N) is 1. The van der Waals surface area contributed by atoms with Crippen LogP contribution in [0.1, 0.15) is 48.7 Å². The third-order valence-corrected chi connectivity index (χ3v) is 9.64. The highest BCUT2D eigenvalue weighted by molar-refractivity contribution is 7.91. The number of thiophene rings is 1. The van der Waals surface area contributed by atoms with Crippen LogP contribution < -0.4 is 5.32 Å². The van der Waals surface area contributed by atoms with Gasteiger partial charge >= 0.3 is 0 Å². The maximum Gasteiger partial charge on any atom is 0.254 e. The van der Waals surface area contributed by atoms with Gasteiger partial charge in [0.05, 0.1) is 18.4 Å². The molecule has 0 aliphatic carbocycles. The molecule has 174 valence electrons. The number of hydrogen-bond donors (Lipinski definition) is 1. The molecule has 0 bridgehead atoms. The van der Waals surface area contributed by atoms with Crippen molar-refractivity contribution in [1.82, 2.24) is 14.5 Å². The van der Waals surface area contributed by atoms with Gasteiger partial charge in [-0.1, -0.05) is 6.92 Å². The Bertz CT molecular complexity index is 1030. The Labute approximate surface area is 192 Å². The van der Waals surface area contributed by atoms with E-state index in [9.17, 15) is 18.0 Å². The van der Waals surface area contributed by atoms with Gasteiger partial charge in [0.15, 0.2) is 0 Å². The predicted molar refractivity (Wildman–Crippen MR) is 121 cm³/mol. The van der Waals surface area contributed by atoms with E-state index in [1.807, 2.05) is 4.90 Å². The van der Waals surface area contributed by atoms with Gasteiger partial charge in [-0.2, -0.15) is 4.31 Å². The van der Waals surface area contributed by atoms with Crippen LogP contribution in [0.15, 0.2) is 38.5 Å². The van der Waals surface area contributed by atoms with E-state index in [0.717, 1.165) is 24.2 Å². The largest absolute Gasteiger partial charge is 0.467 e. The number of hydrogen-bond acceptors (Lipinski definition) is 6. The second-order valence-corrected chi connectivity index (χ2v) is 11.7. The smallest absolute Gasteiger partial charge is 0.254 e. The number of piperidine rings is 2. The molecule has 2 aliphatic rings. The maximum atomic E-state index is 13.1. The van der Waals surface area contributed by atoms with Gasteiger partial charge in [-0.3, -0.25) is 9.59 Å². The predicted octanol–water partition coefficient (Wildman–Crippen LogP) is 2.93. The van der Waals surface area contributed by atoms with Gasteiger partial charge < -0.3 is 14.6 Å². The first kappa shape index (κ1) is 23.0. The molecule has 4 rings (SSSR count). The van der Waals surface area contributed by atoms with E-state index in [1.165, 1.54) is 10.4 Å². The van der Waals surface area contributed by atoms with Crippen molar-refractivity contribution in [2.24, 2.45) is 11.8 Å². The van der Waals surface area contributed by atoms with Crippen molar-refractivity contribution in [1.29, 1.82) is 0 Å². The zero-order valence-corrected chi connectivity index (χ0v) is 19.8. The number of sulfonamides is 1.